The van der Waals surface area contributed by atoms with E-state index in [0.717, 1.165) is 40.9 Å². The van der Waals surface area contributed by atoms with E-state index < -0.39 is 38.3 Å². The maximum absolute atomic E-state index is 13.6. The lowest BCUT2D eigenvalue weighted by Crippen LogP contribution is -2.30. The molecule has 1 N–H and O–H groups in total. The van der Waals surface area contributed by atoms with Crippen molar-refractivity contribution in [3.05, 3.63) is 117 Å². The van der Waals surface area contributed by atoms with Gasteiger partial charge in [0.2, 0.25) is 9.84 Å². The molecule has 0 saturated heterocycles. The number of carbonyl (C=O) groups excluding carboxylic acids is 2. The molecule has 1 aromatic heterocycles. The number of aliphatic hydroxyl groups is 1. The van der Waals surface area contributed by atoms with Crippen LogP contribution in [-0.4, -0.2) is 42.2 Å². The van der Waals surface area contributed by atoms with E-state index in [4.69, 9.17) is 4.74 Å². The van der Waals surface area contributed by atoms with Crippen molar-refractivity contribution in [3.8, 4) is 5.75 Å². The number of rotatable bonds is 8. The number of nitrogens with zero attached hydrogens (tertiary/aromatic N) is 3. The predicted octanol–water partition coefficient (Wildman–Crippen LogP) is 4.98. The first-order valence-corrected chi connectivity index (χ1v) is 14.3. The largest absolute Gasteiger partial charge is 0.503 e. The first-order chi connectivity index (χ1) is 19.5. The van der Waals surface area contributed by atoms with Gasteiger partial charge in [0.05, 0.1) is 34.7 Å². The van der Waals surface area contributed by atoms with Gasteiger partial charge in [-0.25, -0.2) is 13.4 Å². The van der Waals surface area contributed by atoms with Crippen molar-refractivity contribution in [1.82, 2.24) is 4.98 Å². The second kappa shape index (κ2) is 10.6. The minimum atomic E-state index is -4.15. The van der Waals surface area contributed by atoms with E-state index in [1.807, 2.05) is 6.92 Å². The van der Waals surface area contributed by atoms with Gasteiger partial charge in [-0.3, -0.25) is 24.6 Å². The number of Topliss-reactive ketones (excluding diaryl/α,β-unsaturated/α-hetero) is 1. The molecule has 0 saturated carbocycles. The number of carbonyl (C=O) groups is 2. The Labute approximate surface area is 238 Å². The van der Waals surface area contributed by atoms with Crippen molar-refractivity contribution in [1.29, 1.82) is 0 Å². The Kier molecular flexibility index (Phi) is 7.15. The van der Waals surface area contributed by atoms with Crippen LogP contribution in [0.4, 0.5) is 10.8 Å². The van der Waals surface area contributed by atoms with Crippen LogP contribution in [-0.2, 0) is 14.6 Å². The van der Waals surface area contributed by atoms with Crippen LogP contribution in [0.25, 0.3) is 0 Å². The van der Waals surface area contributed by atoms with Crippen LogP contribution in [0.2, 0.25) is 0 Å². The number of methoxy groups -OCH3 is 1. The van der Waals surface area contributed by atoms with Gasteiger partial charge in [0.1, 0.15) is 9.96 Å². The molecule has 4 aromatic rings. The molecule has 2 heterocycles. The van der Waals surface area contributed by atoms with E-state index in [2.05, 4.69) is 4.98 Å². The minimum Gasteiger partial charge on any atom is -0.503 e. The van der Waals surface area contributed by atoms with Gasteiger partial charge in [-0.05, 0) is 36.8 Å². The van der Waals surface area contributed by atoms with Gasteiger partial charge in [-0.1, -0.05) is 53.3 Å². The third kappa shape index (κ3) is 4.96. The summed E-state index contributed by atoms with van der Waals surface area (Å²) in [6, 6.07) is 16.4. The topological polar surface area (TPSA) is 157 Å². The van der Waals surface area contributed by atoms with E-state index in [0.29, 0.717) is 22.6 Å². The molecular formula is C28H21N3O8S2. The zero-order valence-electron chi connectivity index (χ0n) is 21.5. The van der Waals surface area contributed by atoms with Crippen molar-refractivity contribution in [2.75, 3.05) is 12.0 Å². The summed E-state index contributed by atoms with van der Waals surface area (Å²) in [5.41, 5.74) is 1.17. The van der Waals surface area contributed by atoms with Crippen molar-refractivity contribution in [2.45, 2.75) is 22.1 Å². The van der Waals surface area contributed by atoms with Gasteiger partial charge >= 0.3 is 0 Å². The number of non-ortho nitro benzene ring substituents is 1. The molecule has 1 aliphatic heterocycles. The molecule has 0 radical (unpaired) electrons. The lowest BCUT2D eigenvalue weighted by Gasteiger charge is -2.24. The van der Waals surface area contributed by atoms with E-state index in [-0.39, 0.29) is 31.1 Å². The number of ketones is 1. The number of anilines is 1. The zero-order valence-corrected chi connectivity index (χ0v) is 23.2. The number of benzene rings is 3. The maximum atomic E-state index is 13.6. The summed E-state index contributed by atoms with van der Waals surface area (Å²) >= 11 is 0.664. The van der Waals surface area contributed by atoms with Crippen LogP contribution in [0.15, 0.2) is 99.4 Å². The van der Waals surface area contributed by atoms with Gasteiger partial charge < -0.3 is 9.84 Å². The number of sulfone groups is 1. The molecule has 208 valence electrons. The number of aliphatic hydroxyl groups excluding tert-OH is 1. The summed E-state index contributed by atoms with van der Waals surface area (Å²) in [5.74, 6) is -1.74. The van der Waals surface area contributed by atoms with E-state index in [9.17, 15) is 33.2 Å². The summed E-state index contributed by atoms with van der Waals surface area (Å²) in [5, 5.41) is 21.9. The molecule has 0 aliphatic carbocycles. The molecule has 1 amide bonds. The first-order valence-electron chi connectivity index (χ1n) is 12.0. The molecule has 13 heteroatoms. The van der Waals surface area contributed by atoms with Crippen molar-refractivity contribution < 1.29 is 32.8 Å². The van der Waals surface area contributed by atoms with Crippen LogP contribution in [0.3, 0.4) is 0 Å². The number of aromatic nitrogens is 1. The summed E-state index contributed by atoms with van der Waals surface area (Å²) < 4.78 is 31.5. The predicted molar refractivity (Wildman–Crippen MR) is 149 cm³/mol. The summed E-state index contributed by atoms with van der Waals surface area (Å²) in [6.45, 7) is 1.86. The fourth-order valence-corrected chi connectivity index (χ4v) is 6.89. The van der Waals surface area contributed by atoms with Crippen LogP contribution >= 0.6 is 11.3 Å². The lowest BCUT2D eigenvalue weighted by molar-refractivity contribution is -0.384. The highest BCUT2D eigenvalue weighted by Gasteiger charge is 2.46. The van der Waals surface area contributed by atoms with Gasteiger partial charge in [-0.15, -0.1) is 0 Å². The van der Waals surface area contributed by atoms with Crippen molar-refractivity contribution in [2.24, 2.45) is 0 Å². The molecule has 0 fully saturated rings. The molecule has 1 atom stereocenters. The molecule has 1 unspecified atom stereocenters. The average Bonchev–Trinajstić information content (AvgIpc) is 3.56. The highest BCUT2D eigenvalue weighted by atomic mass is 32.2. The average molecular weight is 592 g/mol. The van der Waals surface area contributed by atoms with E-state index in [1.165, 1.54) is 7.11 Å². The lowest BCUT2D eigenvalue weighted by atomic mass is 9.92. The fourth-order valence-electron chi connectivity index (χ4n) is 4.35. The standard InChI is InChI=1S/C28H21N3O8S2/c1-16-3-5-18(6-4-16)25(32)23-24(17-7-11-20(39-2)12-8-17)30(27(34)26(23)33)28-29-15-22(40-28)41(37,38)21-13-9-19(10-14-21)31(35)36/h3-15,24,33H,1-2H3. The molecular weight excluding hydrogens is 570 g/mol. The summed E-state index contributed by atoms with van der Waals surface area (Å²) in [6.07, 6.45) is 1.06. The Morgan fingerprint density at radius 1 is 1.05 bits per heavy atom. The number of hydrogen-bond donors (Lipinski definition) is 1. The van der Waals surface area contributed by atoms with E-state index >= 15 is 0 Å². The maximum Gasteiger partial charge on any atom is 0.296 e. The second-order valence-electron chi connectivity index (χ2n) is 9.02. The SMILES string of the molecule is COc1ccc(C2C(C(=O)c3ccc(C)cc3)=C(O)C(=O)N2c2ncc(S(=O)(=O)c3ccc([N+](=O)[O-])cc3)s2)cc1. The number of aryl methyl sites for hydroxylation is 1. The monoisotopic (exact) mass is 591 g/mol. The Bertz CT molecular complexity index is 1810. The highest BCUT2D eigenvalue weighted by Crippen LogP contribution is 2.44. The summed E-state index contributed by atoms with van der Waals surface area (Å²) in [7, 11) is -2.67. The third-order valence-corrected chi connectivity index (χ3v) is 9.73. The van der Waals surface area contributed by atoms with Crippen LogP contribution < -0.4 is 9.64 Å². The number of nitro benzene ring substituents is 1. The van der Waals surface area contributed by atoms with E-state index in [1.54, 1.807) is 48.5 Å². The minimum absolute atomic E-state index is 0.0745. The van der Waals surface area contributed by atoms with Gasteiger partial charge in [-0.2, -0.15) is 0 Å². The number of hydrogen-bond acceptors (Lipinski definition) is 10. The summed E-state index contributed by atoms with van der Waals surface area (Å²) in [4.78, 5) is 42.4. The first kappa shape index (κ1) is 27.7. The molecule has 41 heavy (non-hydrogen) atoms. The van der Waals surface area contributed by atoms with Gasteiger partial charge in [0.25, 0.3) is 11.6 Å². The molecule has 3 aromatic carbocycles. The van der Waals surface area contributed by atoms with Gasteiger partial charge in [0, 0.05) is 17.7 Å². The number of thiazole rings is 1. The molecule has 0 spiro atoms. The zero-order chi connectivity index (χ0) is 29.5. The van der Waals surface area contributed by atoms with Gasteiger partial charge in [0.15, 0.2) is 16.7 Å². The Hall–Kier alpha value is -4.88. The highest BCUT2D eigenvalue weighted by molar-refractivity contribution is 7.93. The Morgan fingerprint density at radius 2 is 1.68 bits per heavy atom. The Morgan fingerprint density at radius 3 is 2.27 bits per heavy atom. The Balaban J connectivity index is 1.58. The normalized spacial score (nSPS) is 15.3. The smallest absolute Gasteiger partial charge is 0.296 e. The molecule has 11 nitrogen and oxygen atoms in total. The van der Waals surface area contributed by atoms with Crippen molar-refractivity contribution in [3.63, 3.8) is 0 Å². The van der Waals surface area contributed by atoms with Crippen LogP contribution in [0.1, 0.15) is 27.5 Å². The quantitative estimate of drug-likeness (QED) is 0.169. The third-order valence-electron chi connectivity index (χ3n) is 6.50. The van der Waals surface area contributed by atoms with Crippen LogP contribution in [0.5, 0.6) is 5.75 Å². The molecule has 5 rings (SSSR count). The number of nitro groups is 1. The molecule has 0 bridgehead atoms. The fraction of sp³-hybridized carbons (Fsp3) is 0.107. The van der Waals surface area contributed by atoms with Crippen molar-refractivity contribution >= 4 is 43.7 Å². The second-order valence-corrected chi connectivity index (χ2v) is 12.2. The molecule has 1 aliphatic rings. The number of ether oxygens (including phenoxy) is 1. The number of amides is 1. The van der Waals surface area contributed by atoms with Crippen LogP contribution in [0, 0.1) is 17.0 Å².